The average Bonchev–Trinajstić information content (AvgIpc) is 3.25. The number of hydrogen-bond acceptors (Lipinski definition) is 8. The van der Waals surface area contributed by atoms with Crippen LogP contribution in [0.4, 0.5) is 37.2 Å². The molecule has 0 N–H and O–H groups in total. The largest absolute Gasteiger partial charge is 0.311 e. The first kappa shape index (κ1) is 37.1. The summed E-state index contributed by atoms with van der Waals surface area (Å²) in [4.78, 5) is 4.12. The van der Waals surface area contributed by atoms with E-state index in [4.69, 9.17) is 0 Å². The van der Waals surface area contributed by atoms with Gasteiger partial charge in [0.1, 0.15) is 23.8 Å². The van der Waals surface area contributed by atoms with Gasteiger partial charge in [-0.15, -0.1) is 45.3 Å². The van der Waals surface area contributed by atoms with Crippen molar-refractivity contribution in [2.24, 2.45) is 5.92 Å². The van der Waals surface area contributed by atoms with Crippen LogP contribution in [-0.4, -0.2) is 0 Å². The zero-order chi connectivity index (χ0) is 41.2. The van der Waals surface area contributed by atoms with E-state index in [-0.39, 0.29) is 39.5 Å². The molecule has 0 saturated heterocycles. The zero-order valence-corrected chi connectivity index (χ0v) is 36.2. The molecular weight excluding hydrogens is 823 g/mol. The summed E-state index contributed by atoms with van der Waals surface area (Å²) in [5, 5.41) is 21.2. The molecule has 2 aliphatic heterocycles. The molecule has 6 aromatic carbocycles. The lowest BCUT2D eigenvalue weighted by Gasteiger charge is -2.48. The van der Waals surface area contributed by atoms with E-state index in [9.17, 15) is 10.5 Å². The van der Waals surface area contributed by atoms with Gasteiger partial charge < -0.3 is 9.80 Å². The Morgan fingerprint density at radius 3 is 1.52 bits per heavy atom. The van der Waals surface area contributed by atoms with Crippen LogP contribution in [0.15, 0.2) is 121 Å². The van der Waals surface area contributed by atoms with Crippen molar-refractivity contribution in [2.75, 3.05) is 9.80 Å². The van der Waals surface area contributed by atoms with Gasteiger partial charge in [0.25, 0.3) is 0 Å². The Morgan fingerprint density at radius 1 is 0.567 bits per heavy atom. The highest BCUT2D eigenvalue weighted by atomic mass is 32.1. The number of nitrogens with zero attached hydrogens (tertiary/aromatic N) is 4. The Bertz CT molecular complexity index is 3350. The lowest BCUT2D eigenvalue weighted by molar-refractivity contribution is 0.349. The van der Waals surface area contributed by atoms with E-state index in [1.165, 1.54) is 50.9 Å². The minimum atomic E-state index is -0.381. The van der Waals surface area contributed by atoms with Crippen molar-refractivity contribution < 1.29 is 8.78 Å². The number of nitriles is 2. The summed E-state index contributed by atoms with van der Waals surface area (Å²) in [6.45, 7) is 8.96. The summed E-state index contributed by atoms with van der Waals surface area (Å²) in [6.07, 6.45) is 7.23. The Labute approximate surface area is 361 Å². The SMILES string of the molecule is CC1(C)c2ccccc2N(c2cc3sc4c(sc3cc2F)c(C#N)c(C#N)c2sc3cc(F)c(N5C6=CC=CCC6C(C)(C)c6ccccc65)cc3sc24)c2ccccc21. The highest BCUT2D eigenvalue weighted by Crippen LogP contribution is 2.56. The van der Waals surface area contributed by atoms with Gasteiger partial charge in [-0.1, -0.05) is 94.4 Å². The van der Waals surface area contributed by atoms with E-state index in [0.717, 1.165) is 59.1 Å². The number of fused-ring (bicyclic) bond motifs is 9. The number of rotatable bonds is 2. The van der Waals surface area contributed by atoms with Gasteiger partial charge in [-0.05, 0) is 71.7 Å². The van der Waals surface area contributed by atoms with Crippen LogP contribution in [0.3, 0.4) is 0 Å². The Morgan fingerprint density at radius 2 is 1.00 bits per heavy atom. The fourth-order valence-corrected chi connectivity index (χ4v) is 14.9. The molecule has 292 valence electrons. The highest BCUT2D eigenvalue weighted by Gasteiger charge is 2.44. The summed E-state index contributed by atoms with van der Waals surface area (Å²) in [6, 6.07) is 36.3. The highest BCUT2D eigenvalue weighted by molar-refractivity contribution is 7.42. The standard InChI is InChI=1S/C50H34F2N4S4/c1-49(2)29-13-5-9-17-35(29)55(36-18-10-6-14-30(36)49)39-23-43-41(21-33(39)51)57-45-27(25-53)28(26-54)46-48(47(45)59-43)60-44-24-40(34(52)22-42(44)58-46)56-37-19-11-7-15-31(37)50(3,4)32-16-8-12-20-38(32)56/h5-15,17-24,32H,16H2,1-4H3. The number of anilines is 5. The summed E-state index contributed by atoms with van der Waals surface area (Å²) in [7, 11) is 0. The van der Waals surface area contributed by atoms with Crippen molar-refractivity contribution in [2.45, 2.75) is 44.9 Å². The van der Waals surface area contributed by atoms with Crippen LogP contribution < -0.4 is 9.80 Å². The normalized spacial score (nSPS) is 17.1. The molecule has 8 aromatic rings. The van der Waals surface area contributed by atoms with Gasteiger partial charge >= 0.3 is 0 Å². The van der Waals surface area contributed by atoms with Gasteiger partial charge in [0.2, 0.25) is 0 Å². The van der Waals surface area contributed by atoms with Crippen LogP contribution in [0.1, 0.15) is 61.9 Å². The zero-order valence-electron chi connectivity index (χ0n) is 32.9. The van der Waals surface area contributed by atoms with E-state index >= 15 is 8.78 Å². The fourth-order valence-electron chi connectivity index (χ4n) is 9.65. The van der Waals surface area contributed by atoms with E-state index in [0.29, 0.717) is 30.2 Å². The van der Waals surface area contributed by atoms with Crippen molar-refractivity contribution in [3.63, 3.8) is 0 Å². The van der Waals surface area contributed by atoms with E-state index in [1.54, 1.807) is 12.1 Å². The molecule has 11 rings (SSSR count). The van der Waals surface area contributed by atoms with Crippen molar-refractivity contribution >= 4 is 111 Å². The number of allylic oxidation sites excluding steroid dienone is 4. The molecule has 0 spiro atoms. The first-order valence-corrected chi connectivity index (χ1v) is 23.0. The molecule has 4 heterocycles. The smallest absolute Gasteiger partial charge is 0.148 e. The lowest BCUT2D eigenvalue weighted by Crippen LogP contribution is -2.42. The topological polar surface area (TPSA) is 54.1 Å². The minimum absolute atomic E-state index is 0.158. The molecule has 0 radical (unpaired) electrons. The number of benzene rings is 6. The van der Waals surface area contributed by atoms with Crippen LogP contribution in [0.5, 0.6) is 0 Å². The molecule has 0 saturated carbocycles. The van der Waals surface area contributed by atoms with Crippen molar-refractivity contribution in [3.8, 4) is 12.1 Å². The minimum Gasteiger partial charge on any atom is -0.311 e. The second-order valence-electron chi connectivity index (χ2n) is 16.6. The predicted molar refractivity (Wildman–Crippen MR) is 249 cm³/mol. The Kier molecular flexibility index (Phi) is 8.24. The van der Waals surface area contributed by atoms with Crippen LogP contribution in [0.2, 0.25) is 0 Å². The number of hydrogen-bond donors (Lipinski definition) is 0. The van der Waals surface area contributed by atoms with Crippen LogP contribution in [0.25, 0.3) is 37.6 Å². The van der Waals surface area contributed by atoms with E-state index in [2.05, 4.69) is 105 Å². The van der Waals surface area contributed by atoms with Crippen molar-refractivity contribution in [1.29, 1.82) is 10.5 Å². The van der Waals surface area contributed by atoms with Gasteiger partial charge in [0, 0.05) is 46.9 Å². The number of halogens is 2. The molecule has 3 aliphatic rings. The molecule has 1 aliphatic carbocycles. The second kappa shape index (κ2) is 13.3. The third-order valence-electron chi connectivity index (χ3n) is 12.6. The van der Waals surface area contributed by atoms with Gasteiger partial charge in [-0.25, -0.2) is 8.78 Å². The molecule has 1 unspecified atom stereocenters. The van der Waals surface area contributed by atoms with Gasteiger partial charge in [-0.3, -0.25) is 0 Å². The molecule has 1 atom stereocenters. The van der Waals surface area contributed by atoms with Gasteiger partial charge in [-0.2, -0.15) is 10.5 Å². The third kappa shape index (κ3) is 5.18. The molecule has 4 nitrogen and oxygen atoms in total. The summed E-state index contributed by atoms with van der Waals surface area (Å²) in [5.41, 5.74) is 8.23. The molecule has 0 amide bonds. The molecule has 0 bridgehead atoms. The van der Waals surface area contributed by atoms with Crippen molar-refractivity contribution in [3.05, 3.63) is 160 Å². The second-order valence-corrected chi connectivity index (χ2v) is 20.8. The molecule has 10 heteroatoms. The van der Waals surface area contributed by atoms with Crippen LogP contribution in [-0.2, 0) is 10.8 Å². The van der Waals surface area contributed by atoms with E-state index in [1.807, 2.05) is 47.4 Å². The molecule has 0 fully saturated rings. The summed E-state index contributed by atoms with van der Waals surface area (Å²) in [5.74, 6) is -0.580. The first-order valence-electron chi connectivity index (χ1n) is 19.7. The summed E-state index contributed by atoms with van der Waals surface area (Å²) >= 11 is 5.68. The fraction of sp³-hybridized carbons (Fsp3) is 0.160. The predicted octanol–water partition coefficient (Wildman–Crippen LogP) is 15.7. The molecular formula is C50H34F2N4S4. The maximum atomic E-state index is 16.7. The Hall–Kier alpha value is -5.88. The Balaban J connectivity index is 1.16. The van der Waals surface area contributed by atoms with Gasteiger partial charge in [0.05, 0.1) is 52.7 Å². The quantitative estimate of drug-likeness (QED) is 0.128. The van der Waals surface area contributed by atoms with Gasteiger partial charge in [0.15, 0.2) is 0 Å². The maximum absolute atomic E-state index is 16.7. The molecule has 60 heavy (non-hydrogen) atoms. The first-order chi connectivity index (χ1) is 29.0. The van der Waals surface area contributed by atoms with Crippen molar-refractivity contribution in [1.82, 2.24) is 0 Å². The molecule has 2 aromatic heterocycles. The number of para-hydroxylation sites is 3. The monoisotopic (exact) mass is 856 g/mol. The van der Waals surface area contributed by atoms with Crippen LogP contribution in [0, 0.1) is 40.2 Å². The maximum Gasteiger partial charge on any atom is 0.148 e. The third-order valence-corrected chi connectivity index (χ3v) is 18.0. The van der Waals surface area contributed by atoms with Crippen LogP contribution >= 0.6 is 45.3 Å². The lowest BCUT2D eigenvalue weighted by atomic mass is 9.66. The average molecular weight is 857 g/mol. The summed E-state index contributed by atoms with van der Waals surface area (Å²) < 4.78 is 39.5. The van der Waals surface area contributed by atoms with E-state index < -0.39 is 0 Å².